The van der Waals surface area contributed by atoms with Crippen molar-refractivity contribution >= 4 is 46.0 Å². The van der Waals surface area contributed by atoms with Crippen LogP contribution in [0.2, 0.25) is 5.15 Å². The van der Waals surface area contributed by atoms with Crippen molar-refractivity contribution in [3.63, 3.8) is 0 Å². The summed E-state index contributed by atoms with van der Waals surface area (Å²) in [4.78, 5) is 7.77. The van der Waals surface area contributed by atoms with Crippen molar-refractivity contribution in [3.8, 4) is 0 Å². The van der Waals surface area contributed by atoms with Crippen LogP contribution in [-0.4, -0.2) is 51.7 Å². The maximum absolute atomic E-state index is 12.3. The highest BCUT2D eigenvalue weighted by Gasteiger charge is 2.33. The Morgan fingerprint density at radius 1 is 1.30 bits per heavy atom. The van der Waals surface area contributed by atoms with Crippen LogP contribution in [0.4, 0.5) is 24.9 Å². The first-order valence-corrected chi connectivity index (χ1v) is 8.24. The van der Waals surface area contributed by atoms with Crippen LogP contribution in [0.15, 0.2) is 0 Å². The van der Waals surface area contributed by atoms with Gasteiger partial charge in [-0.25, -0.2) is 0 Å². The third-order valence-corrected chi connectivity index (χ3v) is 5.10. The number of alkyl halides is 3. The largest absolute Gasteiger partial charge is 0.405 e. The minimum atomic E-state index is -4.39. The van der Waals surface area contributed by atoms with Gasteiger partial charge >= 0.3 is 6.18 Å². The predicted octanol–water partition coefficient (Wildman–Crippen LogP) is 2.25. The third-order valence-electron chi connectivity index (χ3n) is 3.49. The van der Waals surface area contributed by atoms with Crippen LogP contribution in [-0.2, 0) is 0 Å². The third kappa shape index (κ3) is 5.19. The molecule has 0 amide bonds. The first-order valence-electron chi connectivity index (χ1n) is 6.78. The van der Waals surface area contributed by atoms with E-state index in [0.717, 1.165) is 0 Å². The molecular formula is C12H15ClF3IN4O2. The van der Waals surface area contributed by atoms with Gasteiger partial charge in [0.2, 0.25) is 5.95 Å². The van der Waals surface area contributed by atoms with Crippen LogP contribution in [0.1, 0.15) is 12.8 Å². The van der Waals surface area contributed by atoms with Crippen molar-refractivity contribution in [2.45, 2.75) is 31.2 Å². The lowest BCUT2D eigenvalue weighted by molar-refractivity contribution is -0.115. The van der Waals surface area contributed by atoms with Gasteiger partial charge in [-0.05, 0) is 35.4 Å². The lowest BCUT2D eigenvalue weighted by Gasteiger charge is -2.16. The Bertz CT molecular complexity index is 564. The van der Waals surface area contributed by atoms with Crippen LogP contribution >= 0.6 is 34.2 Å². The normalized spacial score (nSPS) is 24.7. The van der Waals surface area contributed by atoms with Gasteiger partial charge in [0.05, 0.1) is 9.67 Å². The van der Waals surface area contributed by atoms with Crippen molar-refractivity contribution in [2.24, 2.45) is 5.92 Å². The molecular weight excluding hydrogens is 452 g/mol. The molecule has 1 heterocycles. The molecule has 0 aliphatic heterocycles. The summed E-state index contributed by atoms with van der Waals surface area (Å²) in [6.45, 7) is -1.39. The lowest BCUT2D eigenvalue weighted by Crippen LogP contribution is -2.23. The standard InChI is InChI=1S/C12H15ClF3IN4O2/c13-9-8(17)10(19-6-1-5(3-22)7(23)2-6)21-11(20-9)18-4-12(14,15)16/h5-7,22-23H,1-4H2,(H2,18,19,20,21)/t5-,6-,7+/m1/s1. The summed E-state index contributed by atoms with van der Waals surface area (Å²) in [7, 11) is 0. The number of aromatic nitrogens is 2. The van der Waals surface area contributed by atoms with E-state index >= 15 is 0 Å². The Morgan fingerprint density at radius 3 is 2.57 bits per heavy atom. The molecule has 4 N–H and O–H groups in total. The molecule has 23 heavy (non-hydrogen) atoms. The number of nitrogens with one attached hydrogen (secondary N) is 2. The maximum atomic E-state index is 12.3. The molecule has 0 saturated heterocycles. The Labute approximate surface area is 149 Å². The fourth-order valence-corrected chi connectivity index (χ4v) is 2.95. The highest BCUT2D eigenvalue weighted by Crippen LogP contribution is 2.31. The van der Waals surface area contributed by atoms with Crippen molar-refractivity contribution in [2.75, 3.05) is 23.8 Å². The van der Waals surface area contributed by atoms with E-state index in [-0.39, 0.29) is 29.7 Å². The van der Waals surface area contributed by atoms with Crippen LogP contribution in [0.3, 0.4) is 0 Å². The molecule has 0 aromatic carbocycles. The quantitative estimate of drug-likeness (QED) is 0.393. The van der Waals surface area contributed by atoms with Gasteiger partial charge in [0.25, 0.3) is 0 Å². The van der Waals surface area contributed by atoms with E-state index in [1.54, 1.807) is 0 Å². The summed E-state index contributed by atoms with van der Waals surface area (Å²) >= 11 is 7.82. The molecule has 0 spiro atoms. The minimum absolute atomic E-state index is 0.0324. The SMILES string of the molecule is OC[C@H]1C[C@@H](Nc2nc(NCC(F)(F)F)nc(Cl)c2I)C[C@@H]1O. The van der Waals surface area contributed by atoms with E-state index in [1.165, 1.54) is 0 Å². The summed E-state index contributed by atoms with van der Waals surface area (Å²) in [6.07, 6.45) is -4.08. The molecule has 1 aromatic rings. The van der Waals surface area contributed by atoms with Crippen LogP contribution in [0, 0.1) is 9.49 Å². The van der Waals surface area contributed by atoms with E-state index in [1.807, 2.05) is 22.6 Å². The summed E-state index contributed by atoms with van der Waals surface area (Å²) in [5, 5.41) is 24.1. The second-order valence-electron chi connectivity index (χ2n) is 5.29. The average molecular weight is 467 g/mol. The monoisotopic (exact) mass is 466 g/mol. The number of rotatable bonds is 5. The van der Waals surface area contributed by atoms with Crippen LogP contribution < -0.4 is 10.6 Å². The minimum Gasteiger partial charge on any atom is -0.396 e. The van der Waals surface area contributed by atoms with Gasteiger partial charge in [0.1, 0.15) is 17.5 Å². The number of halogens is 5. The van der Waals surface area contributed by atoms with Gasteiger partial charge in [0, 0.05) is 18.6 Å². The van der Waals surface area contributed by atoms with Gasteiger partial charge in [-0.2, -0.15) is 23.1 Å². The van der Waals surface area contributed by atoms with Gasteiger partial charge in [-0.3, -0.25) is 0 Å². The van der Waals surface area contributed by atoms with E-state index in [4.69, 9.17) is 16.7 Å². The second-order valence-corrected chi connectivity index (χ2v) is 6.73. The van der Waals surface area contributed by atoms with Gasteiger partial charge in [-0.15, -0.1) is 0 Å². The topological polar surface area (TPSA) is 90.3 Å². The molecule has 130 valence electrons. The Morgan fingerprint density at radius 2 is 2.00 bits per heavy atom. The van der Waals surface area contributed by atoms with Gasteiger partial charge < -0.3 is 20.8 Å². The summed E-state index contributed by atoms with van der Waals surface area (Å²) in [6, 6.07) is -0.155. The van der Waals surface area contributed by atoms with Crippen molar-refractivity contribution < 1.29 is 23.4 Å². The maximum Gasteiger partial charge on any atom is 0.405 e. The predicted molar refractivity (Wildman–Crippen MR) is 87.5 cm³/mol. The number of aliphatic hydroxyl groups is 2. The molecule has 11 heteroatoms. The van der Waals surface area contributed by atoms with Crippen molar-refractivity contribution in [1.82, 2.24) is 9.97 Å². The summed E-state index contributed by atoms with van der Waals surface area (Å²) in [5.74, 6) is -0.163. The lowest BCUT2D eigenvalue weighted by atomic mass is 10.1. The van der Waals surface area contributed by atoms with Crippen molar-refractivity contribution in [1.29, 1.82) is 0 Å². The van der Waals surface area contributed by atoms with E-state index < -0.39 is 18.8 Å². The Balaban J connectivity index is 2.10. The number of nitrogens with zero attached hydrogens (tertiary/aromatic N) is 2. The summed E-state index contributed by atoms with van der Waals surface area (Å²) in [5.41, 5.74) is 0. The average Bonchev–Trinajstić information content (AvgIpc) is 2.81. The number of aliphatic hydroxyl groups excluding tert-OH is 2. The molecule has 1 fully saturated rings. The van der Waals surface area contributed by atoms with E-state index in [2.05, 4.69) is 20.6 Å². The molecule has 3 atom stereocenters. The molecule has 1 aliphatic carbocycles. The molecule has 2 rings (SSSR count). The van der Waals surface area contributed by atoms with E-state index in [9.17, 15) is 18.3 Å². The summed E-state index contributed by atoms with van der Waals surface area (Å²) < 4.78 is 37.2. The molecule has 0 radical (unpaired) electrons. The first kappa shape index (κ1) is 18.7. The second kappa shape index (κ2) is 7.53. The molecule has 6 nitrogen and oxygen atoms in total. The first-order chi connectivity index (χ1) is 10.7. The highest BCUT2D eigenvalue weighted by atomic mass is 127. The highest BCUT2D eigenvalue weighted by molar-refractivity contribution is 14.1. The molecule has 0 bridgehead atoms. The molecule has 1 aliphatic rings. The van der Waals surface area contributed by atoms with Crippen molar-refractivity contribution in [3.05, 3.63) is 8.72 Å². The zero-order valence-electron chi connectivity index (χ0n) is 11.7. The smallest absolute Gasteiger partial charge is 0.396 e. The van der Waals surface area contributed by atoms with Gasteiger partial charge in [-0.1, -0.05) is 11.6 Å². The van der Waals surface area contributed by atoms with E-state index in [0.29, 0.717) is 22.2 Å². The number of hydrogen-bond donors (Lipinski definition) is 4. The number of anilines is 2. The molecule has 0 unspecified atom stereocenters. The van der Waals surface area contributed by atoms with Crippen LogP contribution in [0.25, 0.3) is 0 Å². The Hall–Kier alpha value is -0.590. The van der Waals surface area contributed by atoms with Crippen LogP contribution in [0.5, 0.6) is 0 Å². The molecule has 1 saturated carbocycles. The van der Waals surface area contributed by atoms with Gasteiger partial charge in [0.15, 0.2) is 0 Å². The fraction of sp³-hybridized carbons (Fsp3) is 0.667. The zero-order chi connectivity index (χ0) is 17.2. The Kier molecular flexibility index (Phi) is 6.14. The number of hydrogen-bond acceptors (Lipinski definition) is 6. The fourth-order valence-electron chi connectivity index (χ4n) is 2.38. The zero-order valence-corrected chi connectivity index (χ0v) is 14.7. The molecule has 1 aromatic heterocycles.